The number of unbranched alkanes of at least 4 members (excludes halogenated alkanes) is 56. The number of nitrogens with one attached hydrogen (secondary N) is 1. The Balaban J connectivity index is 3.40. The Hall–Kier alpha value is -2.18. The van der Waals surface area contributed by atoms with E-state index in [9.17, 15) is 19.8 Å². The molecule has 2 atom stereocenters. The van der Waals surface area contributed by atoms with Gasteiger partial charge in [-0.2, -0.15) is 0 Å². The minimum absolute atomic E-state index is 0.000347. The largest absolute Gasteiger partial charge is 0.466 e. The molecule has 0 heterocycles. The SMILES string of the molecule is CCCCC/C=C\C/C=C\CCCCCCCC(=O)OCCCCCCCCCCC/C=C\C/C=C\CCCCCCCCCCCCCCCCCC(=O)NC(CO)C(O)CCCCCCCCCCCCCCCCCCCCCCCCCCC. The quantitative estimate of drug-likeness (QED) is 0.0320. The highest BCUT2D eigenvalue weighted by atomic mass is 16.5. The number of allylic oxidation sites excluding steroid dienone is 8. The van der Waals surface area contributed by atoms with E-state index in [0.29, 0.717) is 25.9 Å². The zero-order valence-corrected chi connectivity index (χ0v) is 59.5. The molecule has 0 aromatic heterocycles. The molecule has 0 aromatic carbocycles. The normalized spacial score (nSPS) is 12.7. The zero-order chi connectivity index (χ0) is 63.5. The third kappa shape index (κ3) is 72.9. The maximum Gasteiger partial charge on any atom is 0.305 e. The van der Waals surface area contributed by atoms with E-state index in [1.165, 1.54) is 347 Å². The van der Waals surface area contributed by atoms with Gasteiger partial charge in [-0.25, -0.2) is 0 Å². The van der Waals surface area contributed by atoms with Crippen LogP contribution in [0.1, 0.15) is 438 Å². The summed E-state index contributed by atoms with van der Waals surface area (Å²) in [6.07, 6.45) is 102. The lowest BCUT2D eigenvalue weighted by Crippen LogP contribution is -2.45. The number of esters is 1. The van der Waals surface area contributed by atoms with Crippen LogP contribution < -0.4 is 5.32 Å². The van der Waals surface area contributed by atoms with Gasteiger partial charge >= 0.3 is 5.97 Å². The van der Waals surface area contributed by atoms with E-state index >= 15 is 0 Å². The molecule has 88 heavy (non-hydrogen) atoms. The zero-order valence-electron chi connectivity index (χ0n) is 59.5. The monoisotopic (exact) mass is 1230 g/mol. The van der Waals surface area contributed by atoms with E-state index in [-0.39, 0.29) is 18.5 Å². The minimum Gasteiger partial charge on any atom is -0.466 e. The first-order valence-electron chi connectivity index (χ1n) is 39.9. The maximum absolute atomic E-state index is 12.6. The first kappa shape index (κ1) is 85.8. The third-order valence-electron chi connectivity index (χ3n) is 18.6. The molecule has 0 aliphatic rings. The average Bonchev–Trinajstić information content (AvgIpc) is 3.58. The molecule has 1 amide bonds. The molecule has 0 rings (SSSR count). The Labute approximate surface area is 550 Å². The van der Waals surface area contributed by atoms with Crippen LogP contribution in [0, 0.1) is 0 Å². The van der Waals surface area contributed by atoms with Gasteiger partial charge in [0.15, 0.2) is 0 Å². The van der Waals surface area contributed by atoms with Gasteiger partial charge in [-0.05, 0) is 89.9 Å². The van der Waals surface area contributed by atoms with Crippen LogP contribution in [0.2, 0.25) is 0 Å². The second kappa shape index (κ2) is 77.3. The molecule has 518 valence electrons. The lowest BCUT2D eigenvalue weighted by Gasteiger charge is -2.22. The number of aliphatic hydroxyl groups is 2. The van der Waals surface area contributed by atoms with Crippen molar-refractivity contribution in [1.29, 1.82) is 0 Å². The topological polar surface area (TPSA) is 95.9 Å². The Morgan fingerprint density at radius 2 is 0.568 bits per heavy atom. The predicted octanol–water partition coefficient (Wildman–Crippen LogP) is 26.4. The van der Waals surface area contributed by atoms with E-state index in [1.807, 2.05) is 0 Å². The number of ether oxygens (including phenoxy) is 1. The Morgan fingerprint density at radius 3 is 0.886 bits per heavy atom. The van der Waals surface area contributed by atoms with Gasteiger partial charge in [0.1, 0.15) is 0 Å². The maximum atomic E-state index is 12.6. The van der Waals surface area contributed by atoms with Crippen LogP contribution in [-0.2, 0) is 14.3 Å². The lowest BCUT2D eigenvalue weighted by molar-refractivity contribution is -0.143. The lowest BCUT2D eigenvalue weighted by atomic mass is 10.0. The van der Waals surface area contributed by atoms with Gasteiger partial charge in [0.2, 0.25) is 5.91 Å². The van der Waals surface area contributed by atoms with Crippen molar-refractivity contribution in [3.63, 3.8) is 0 Å². The number of hydrogen-bond acceptors (Lipinski definition) is 5. The summed E-state index contributed by atoms with van der Waals surface area (Å²) in [5.74, 6) is -0.0297. The van der Waals surface area contributed by atoms with Crippen molar-refractivity contribution in [1.82, 2.24) is 5.32 Å². The van der Waals surface area contributed by atoms with Crippen molar-refractivity contribution >= 4 is 11.9 Å². The highest BCUT2D eigenvalue weighted by molar-refractivity contribution is 5.76. The summed E-state index contributed by atoms with van der Waals surface area (Å²) in [4.78, 5) is 24.7. The van der Waals surface area contributed by atoms with E-state index in [0.717, 1.165) is 57.8 Å². The van der Waals surface area contributed by atoms with Crippen LogP contribution in [-0.4, -0.2) is 47.4 Å². The molecule has 2 unspecified atom stereocenters. The van der Waals surface area contributed by atoms with Crippen LogP contribution in [0.5, 0.6) is 0 Å². The molecule has 0 aliphatic carbocycles. The summed E-state index contributed by atoms with van der Waals surface area (Å²) >= 11 is 0. The molecule has 0 bridgehead atoms. The van der Waals surface area contributed by atoms with Crippen LogP contribution in [0.25, 0.3) is 0 Å². The Kier molecular flexibility index (Phi) is 75.4. The standard InChI is InChI=1S/C82H155NO5/c1-3-5-7-9-11-13-15-17-19-20-21-22-23-31-34-37-40-43-47-50-54-58-62-66-70-74-80(85)79(78-84)83-81(86)75-71-67-63-59-55-51-48-44-41-38-35-32-29-27-25-24-26-28-30-33-36-39-42-45-49-53-57-61-65-69-73-77-88-82(87)76-72-68-64-60-56-52-46-18-16-14-12-10-8-6-4-2/h12,14,18,26,28,33,36,46,79-80,84-85H,3-11,13,15-17,19-25,27,29-32,34-35,37-45,47-78H2,1-2H3,(H,83,86)/b14-12-,28-26-,36-33-,46-18-. The van der Waals surface area contributed by atoms with Crippen molar-refractivity contribution < 1.29 is 24.5 Å². The summed E-state index contributed by atoms with van der Waals surface area (Å²) < 4.78 is 5.49. The molecule has 6 nitrogen and oxygen atoms in total. The smallest absolute Gasteiger partial charge is 0.305 e. The first-order valence-corrected chi connectivity index (χ1v) is 39.9. The predicted molar refractivity (Wildman–Crippen MR) is 389 cm³/mol. The van der Waals surface area contributed by atoms with Gasteiger partial charge in [0.25, 0.3) is 0 Å². The summed E-state index contributed by atoms with van der Waals surface area (Å²) in [5.41, 5.74) is 0. The Bertz CT molecular complexity index is 1470. The van der Waals surface area contributed by atoms with Crippen LogP contribution in [0.15, 0.2) is 48.6 Å². The second-order valence-corrected chi connectivity index (χ2v) is 27.4. The van der Waals surface area contributed by atoms with Gasteiger partial charge in [-0.1, -0.05) is 383 Å². The molecule has 0 fully saturated rings. The molecule has 0 saturated heterocycles. The van der Waals surface area contributed by atoms with Crippen molar-refractivity contribution in [3.05, 3.63) is 48.6 Å². The van der Waals surface area contributed by atoms with Gasteiger partial charge in [0, 0.05) is 12.8 Å². The van der Waals surface area contributed by atoms with Gasteiger partial charge in [-0.15, -0.1) is 0 Å². The molecule has 0 spiro atoms. The van der Waals surface area contributed by atoms with E-state index < -0.39 is 12.1 Å². The minimum atomic E-state index is -0.666. The molecule has 0 aliphatic heterocycles. The fraction of sp³-hybridized carbons (Fsp3) is 0.878. The molecule has 6 heteroatoms. The first-order chi connectivity index (χ1) is 43.5. The number of carbonyl (C=O) groups excluding carboxylic acids is 2. The molecular formula is C82H155NO5. The molecule has 0 radical (unpaired) electrons. The molecule has 0 saturated carbocycles. The van der Waals surface area contributed by atoms with E-state index in [2.05, 4.69) is 67.8 Å². The van der Waals surface area contributed by atoms with Crippen molar-refractivity contribution in [2.24, 2.45) is 0 Å². The van der Waals surface area contributed by atoms with Crippen LogP contribution >= 0.6 is 0 Å². The number of carbonyl (C=O) groups is 2. The summed E-state index contributed by atoms with van der Waals surface area (Å²) in [7, 11) is 0. The summed E-state index contributed by atoms with van der Waals surface area (Å²) in [6.45, 7) is 4.96. The number of amides is 1. The summed E-state index contributed by atoms with van der Waals surface area (Å²) in [6, 6.07) is -0.543. The van der Waals surface area contributed by atoms with Crippen molar-refractivity contribution in [3.8, 4) is 0 Å². The van der Waals surface area contributed by atoms with Gasteiger partial charge in [0.05, 0.1) is 25.4 Å². The second-order valence-electron chi connectivity index (χ2n) is 27.4. The third-order valence-corrected chi connectivity index (χ3v) is 18.6. The highest BCUT2D eigenvalue weighted by Crippen LogP contribution is 2.20. The van der Waals surface area contributed by atoms with Crippen LogP contribution in [0.4, 0.5) is 0 Å². The average molecular weight is 1240 g/mol. The van der Waals surface area contributed by atoms with Crippen molar-refractivity contribution in [2.45, 2.75) is 450 Å². The van der Waals surface area contributed by atoms with Gasteiger partial charge < -0.3 is 20.3 Å². The molecule has 3 N–H and O–H groups in total. The highest BCUT2D eigenvalue weighted by Gasteiger charge is 2.20. The number of hydrogen-bond donors (Lipinski definition) is 3. The fourth-order valence-electron chi connectivity index (χ4n) is 12.5. The van der Waals surface area contributed by atoms with E-state index in [1.54, 1.807) is 0 Å². The fourth-order valence-corrected chi connectivity index (χ4v) is 12.5. The van der Waals surface area contributed by atoms with Crippen LogP contribution in [0.3, 0.4) is 0 Å². The Morgan fingerprint density at radius 1 is 0.318 bits per heavy atom. The van der Waals surface area contributed by atoms with Gasteiger partial charge in [-0.3, -0.25) is 9.59 Å². The summed E-state index contributed by atoms with van der Waals surface area (Å²) in [5, 5.41) is 23.5. The number of aliphatic hydroxyl groups excluding tert-OH is 2. The van der Waals surface area contributed by atoms with E-state index in [4.69, 9.17) is 4.74 Å². The molecule has 0 aromatic rings. The van der Waals surface area contributed by atoms with Crippen molar-refractivity contribution in [2.75, 3.05) is 13.2 Å². The number of rotatable bonds is 75. The molecular weight excluding hydrogens is 1080 g/mol.